The van der Waals surface area contributed by atoms with E-state index in [1.165, 1.54) is 0 Å². The quantitative estimate of drug-likeness (QED) is 0.733. The number of benzene rings is 1. The molecule has 0 aromatic heterocycles. The van der Waals surface area contributed by atoms with Crippen molar-refractivity contribution in [1.82, 2.24) is 0 Å². The zero-order valence-corrected chi connectivity index (χ0v) is 10.1. The molecule has 1 N–H and O–H groups in total. The summed E-state index contributed by atoms with van der Waals surface area (Å²) in [6, 6.07) is 7.64. The molecule has 3 heteroatoms. The van der Waals surface area contributed by atoms with Crippen LogP contribution in [-0.4, -0.2) is 24.9 Å². The molecular weight excluding hydrogens is 216 g/mol. The van der Waals surface area contributed by atoms with E-state index in [1.807, 2.05) is 24.3 Å². The number of aliphatic hydroxyl groups is 1. The average Bonchev–Trinajstić information content (AvgIpc) is 2.37. The summed E-state index contributed by atoms with van der Waals surface area (Å²) in [7, 11) is 1.63. The van der Waals surface area contributed by atoms with E-state index in [0.29, 0.717) is 26.1 Å². The van der Waals surface area contributed by atoms with Gasteiger partial charge >= 0.3 is 0 Å². The fourth-order valence-electron chi connectivity index (χ4n) is 1.37. The van der Waals surface area contributed by atoms with Crippen molar-refractivity contribution in [2.75, 3.05) is 13.7 Å². The Hall–Kier alpha value is -1.50. The molecule has 0 saturated carbocycles. The van der Waals surface area contributed by atoms with Crippen molar-refractivity contribution in [3.8, 4) is 18.1 Å². The maximum atomic E-state index is 9.50. The van der Waals surface area contributed by atoms with Crippen molar-refractivity contribution in [1.29, 1.82) is 0 Å². The molecule has 0 aliphatic carbocycles. The Bertz CT molecular complexity index is 351. The van der Waals surface area contributed by atoms with Crippen LogP contribution in [0.1, 0.15) is 18.4 Å². The van der Waals surface area contributed by atoms with E-state index < -0.39 is 6.10 Å². The first-order chi connectivity index (χ1) is 8.26. The van der Waals surface area contributed by atoms with Gasteiger partial charge in [-0.05, 0) is 24.1 Å². The van der Waals surface area contributed by atoms with Crippen LogP contribution in [0, 0.1) is 12.3 Å². The maximum absolute atomic E-state index is 9.50. The Morgan fingerprint density at radius 2 is 2.06 bits per heavy atom. The lowest BCUT2D eigenvalue weighted by molar-refractivity contribution is 0.0253. The number of hydrogen-bond donors (Lipinski definition) is 1. The summed E-state index contributed by atoms with van der Waals surface area (Å²) in [6.07, 6.45) is 5.79. The monoisotopic (exact) mass is 234 g/mol. The Balaban J connectivity index is 2.23. The fourth-order valence-corrected chi connectivity index (χ4v) is 1.37. The van der Waals surface area contributed by atoms with E-state index >= 15 is 0 Å². The average molecular weight is 234 g/mol. The van der Waals surface area contributed by atoms with E-state index in [9.17, 15) is 5.11 Å². The number of rotatable bonds is 7. The molecule has 1 rings (SSSR count). The third-order valence-electron chi connectivity index (χ3n) is 2.36. The number of ether oxygens (including phenoxy) is 2. The molecule has 1 aromatic rings. The molecule has 0 amide bonds. The lowest BCUT2D eigenvalue weighted by atomic mass is 10.2. The molecule has 0 spiro atoms. The molecule has 0 unspecified atom stereocenters. The minimum Gasteiger partial charge on any atom is -0.497 e. The molecule has 1 aromatic carbocycles. The van der Waals surface area contributed by atoms with Gasteiger partial charge in [0.1, 0.15) is 5.75 Å². The molecule has 0 aliphatic rings. The van der Waals surface area contributed by atoms with Crippen LogP contribution in [-0.2, 0) is 11.3 Å². The maximum Gasteiger partial charge on any atom is 0.118 e. The number of methoxy groups -OCH3 is 1. The fraction of sp³-hybridized carbons (Fsp3) is 0.429. The van der Waals surface area contributed by atoms with Gasteiger partial charge in [-0.15, -0.1) is 12.3 Å². The summed E-state index contributed by atoms with van der Waals surface area (Å²) in [4.78, 5) is 0. The van der Waals surface area contributed by atoms with Gasteiger partial charge in [-0.25, -0.2) is 0 Å². The first-order valence-electron chi connectivity index (χ1n) is 5.58. The van der Waals surface area contributed by atoms with E-state index in [2.05, 4.69) is 5.92 Å². The van der Waals surface area contributed by atoms with Crippen molar-refractivity contribution in [3.63, 3.8) is 0 Å². The molecule has 0 heterocycles. The van der Waals surface area contributed by atoms with Gasteiger partial charge in [-0.1, -0.05) is 12.1 Å². The highest BCUT2D eigenvalue weighted by molar-refractivity contribution is 5.26. The highest BCUT2D eigenvalue weighted by Gasteiger charge is 2.03. The Kier molecular flexibility index (Phi) is 6.16. The van der Waals surface area contributed by atoms with Gasteiger partial charge in [0.05, 0.1) is 26.4 Å². The largest absolute Gasteiger partial charge is 0.497 e. The molecule has 0 aliphatic heterocycles. The summed E-state index contributed by atoms with van der Waals surface area (Å²) in [6.45, 7) is 0.796. The topological polar surface area (TPSA) is 38.7 Å². The summed E-state index contributed by atoms with van der Waals surface area (Å²) in [5.41, 5.74) is 1.05. The van der Waals surface area contributed by atoms with Gasteiger partial charge in [0.2, 0.25) is 0 Å². The van der Waals surface area contributed by atoms with Gasteiger partial charge in [-0.2, -0.15) is 0 Å². The Morgan fingerprint density at radius 1 is 1.35 bits per heavy atom. The molecule has 92 valence electrons. The normalized spacial score (nSPS) is 11.8. The minimum absolute atomic E-state index is 0.313. The van der Waals surface area contributed by atoms with Gasteiger partial charge in [0.25, 0.3) is 0 Å². The van der Waals surface area contributed by atoms with Gasteiger partial charge in [0.15, 0.2) is 0 Å². The summed E-state index contributed by atoms with van der Waals surface area (Å²) < 4.78 is 10.4. The van der Waals surface area contributed by atoms with E-state index in [4.69, 9.17) is 15.9 Å². The SMILES string of the molecule is C#CCC[C@H](O)COCc1ccc(OC)cc1. The van der Waals surface area contributed by atoms with Crippen LogP contribution in [0.15, 0.2) is 24.3 Å². The lowest BCUT2D eigenvalue weighted by Gasteiger charge is -2.10. The second-order valence-corrected chi connectivity index (χ2v) is 3.76. The van der Waals surface area contributed by atoms with Crippen molar-refractivity contribution in [2.45, 2.75) is 25.6 Å². The highest BCUT2D eigenvalue weighted by atomic mass is 16.5. The minimum atomic E-state index is -0.482. The first kappa shape index (κ1) is 13.6. The third kappa shape index (κ3) is 5.39. The zero-order valence-electron chi connectivity index (χ0n) is 10.1. The Morgan fingerprint density at radius 3 is 2.65 bits per heavy atom. The second kappa shape index (κ2) is 7.72. The van der Waals surface area contributed by atoms with Crippen LogP contribution < -0.4 is 4.74 Å². The van der Waals surface area contributed by atoms with Crippen LogP contribution in [0.3, 0.4) is 0 Å². The lowest BCUT2D eigenvalue weighted by Crippen LogP contribution is -2.14. The summed E-state index contributed by atoms with van der Waals surface area (Å²) in [5.74, 6) is 3.31. The Labute approximate surface area is 102 Å². The predicted octanol–water partition coefficient (Wildman–Crippen LogP) is 1.99. The smallest absolute Gasteiger partial charge is 0.118 e. The van der Waals surface area contributed by atoms with Gasteiger partial charge in [0, 0.05) is 6.42 Å². The van der Waals surface area contributed by atoms with Crippen molar-refractivity contribution >= 4 is 0 Å². The standard InChI is InChI=1S/C14H18O3/c1-3-4-5-13(15)11-17-10-12-6-8-14(16-2)9-7-12/h1,6-9,13,15H,4-5,10-11H2,2H3/t13-/m0/s1. The molecule has 0 fully saturated rings. The van der Waals surface area contributed by atoms with E-state index in [1.54, 1.807) is 7.11 Å². The van der Waals surface area contributed by atoms with Crippen LogP contribution in [0.4, 0.5) is 0 Å². The predicted molar refractivity (Wildman–Crippen MR) is 66.7 cm³/mol. The molecule has 0 bridgehead atoms. The third-order valence-corrected chi connectivity index (χ3v) is 2.36. The first-order valence-corrected chi connectivity index (χ1v) is 5.58. The van der Waals surface area contributed by atoms with Crippen LogP contribution >= 0.6 is 0 Å². The molecule has 3 nitrogen and oxygen atoms in total. The van der Waals surface area contributed by atoms with Gasteiger partial charge in [-0.3, -0.25) is 0 Å². The number of terminal acetylenes is 1. The van der Waals surface area contributed by atoms with Crippen molar-refractivity contribution in [2.24, 2.45) is 0 Å². The van der Waals surface area contributed by atoms with Gasteiger partial charge < -0.3 is 14.6 Å². The summed E-state index contributed by atoms with van der Waals surface area (Å²) >= 11 is 0. The molecule has 0 radical (unpaired) electrons. The molecule has 17 heavy (non-hydrogen) atoms. The summed E-state index contributed by atoms with van der Waals surface area (Å²) in [5, 5.41) is 9.50. The van der Waals surface area contributed by atoms with E-state index in [0.717, 1.165) is 11.3 Å². The number of aliphatic hydroxyl groups excluding tert-OH is 1. The second-order valence-electron chi connectivity index (χ2n) is 3.76. The van der Waals surface area contributed by atoms with Crippen LogP contribution in [0.2, 0.25) is 0 Å². The number of hydrogen-bond acceptors (Lipinski definition) is 3. The van der Waals surface area contributed by atoms with Crippen LogP contribution in [0.25, 0.3) is 0 Å². The van der Waals surface area contributed by atoms with E-state index in [-0.39, 0.29) is 0 Å². The van der Waals surface area contributed by atoms with Crippen molar-refractivity contribution in [3.05, 3.63) is 29.8 Å². The molecule has 1 atom stereocenters. The van der Waals surface area contributed by atoms with Crippen molar-refractivity contribution < 1.29 is 14.6 Å². The molecule has 0 saturated heterocycles. The highest BCUT2D eigenvalue weighted by Crippen LogP contribution is 2.12. The van der Waals surface area contributed by atoms with Crippen LogP contribution in [0.5, 0.6) is 5.75 Å². The zero-order chi connectivity index (χ0) is 12.5. The molecular formula is C14H18O3.